The Morgan fingerprint density at radius 1 is 1.52 bits per heavy atom. The number of esters is 1. The number of hydrogen-bond donors (Lipinski definition) is 1. The molecule has 0 spiro atoms. The number of anilines is 1. The minimum absolute atomic E-state index is 0.0835. The van der Waals surface area contributed by atoms with Gasteiger partial charge in [0, 0.05) is 31.1 Å². The minimum Gasteiger partial charge on any atom is -0.465 e. The van der Waals surface area contributed by atoms with Crippen molar-refractivity contribution in [3.8, 4) is 6.07 Å². The van der Waals surface area contributed by atoms with E-state index in [9.17, 15) is 14.9 Å². The van der Waals surface area contributed by atoms with Gasteiger partial charge in [-0.2, -0.15) is 5.26 Å². The van der Waals surface area contributed by atoms with Crippen LogP contribution in [0.1, 0.15) is 33.6 Å². The van der Waals surface area contributed by atoms with Gasteiger partial charge < -0.3 is 15.0 Å². The summed E-state index contributed by atoms with van der Waals surface area (Å²) in [6.45, 7) is 7.34. The summed E-state index contributed by atoms with van der Waals surface area (Å²) in [7, 11) is 0. The van der Waals surface area contributed by atoms with Gasteiger partial charge in [-0.15, -0.1) is 23.1 Å². The fourth-order valence-corrected chi connectivity index (χ4v) is 4.97. The predicted octanol–water partition coefficient (Wildman–Crippen LogP) is 2.96. The maximum Gasteiger partial charge on any atom is 0.323 e. The van der Waals surface area contributed by atoms with Gasteiger partial charge >= 0.3 is 5.97 Å². The number of ether oxygens (including phenoxy) is 1. The van der Waals surface area contributed by atoms with Crippen molar-refractivity contribution in [3.63, 3.8) is 0 Å². The second-order valence-corrected chi connectivity index (χ2v) is 8.97. The van der Waals surface area contributed by atoms with Crippen LogP contribution in [-0.2, 0) is 14.3 Å². The van der Waals surface area contributed by atoms with Crippen LogP contribution in [0.2, 0.25) is 0 Å². The van der Waals surface area contributed by atoms with E-state index in [1.54, 1.807) is 24.9 Å². The third kappa shape index (κ3) is 6.11. The van der Waals surface area contributed by atoms with E-state index >= 15 is 0 Å². The van der Waals surface area contributed by atoms with E-state index in [-0.39, 0.29) is 23.1 Å². The maximum absolute atomic E-state index is 12.9. The summed E-state index contributed by atoms with van der Waals surface area (Å²) in [5.41, 5.74) is 0. The van der Waals surface area contributed by atoms with Crippen LogP contribution in [0.15, 0.2) is 11.6 Å². The number of nitrogens with one attached hydrogen (secondary N) is 1. The Balaban J connectivity index is 1.99. The first-order chi connectivity index (χ1) is 13.0. The number of rotatable bonds is 10. The van der Waals surface area contributed by atoms with E-state index in [1.807, 2.05) is 16.3 Å². The smallest absolute Gasteiger partial charge is 0.323 e. The second-order valence-electron chi connectivity index (χ2n) is 6.69. The molecule has 3 atom stereocenters. The van der Waals surface area contributed by atoms with Crippen LogP contribution in [0.25, 0.3) is 0 Å². The summed E-state index contributed by atoms with van der Waals surface area (Å²) in [6, 6.07) is 2.03. The highest BCUT2D eigenvalue weighted by Crippen LogP contribution is 2.37. The molecule has 7 nitrogen and oxygen atoms in total. The molecule has 1 aliphatic heterocycles. The molecule has 1 saturated heterocycles. The third-order valence-corrected chi connectivity index (χ3v) is 6.33. The van der Waals surface area contributed by atoms with E-state index in [2.05, 4.69) is 24.1 Å². The molecule has 148 valence electrons. The molecule has 0 aromatic carbocycles. The number of carbonyl (C=O) groups excluding carboxylic acids is 2. The van der Waals surface area contributed by atoms with Gasteiger partial charge in [0.15, 0.2) is 5.13 Å². The average molecular weight is 411 g/mol. The Morgan fingerprint density at radius 2 is 2.30 bits per heavy atom. The number of nitriles is 1. The Morgan fingerprint density at radius 3 is 2.89 bits per heavy atom. The highest BCUT2D eigenvalue weighted by Gasteiger charge is 2.42. The Bertz CT molecular complexity index is 660. The summed E-state index contributed by atoms with van der Waals surface area (Å²) >= 11 is 3.07. The van der Waals surface area contributed by atoms with Crippen molar-refractivity contribution in [3.05, 3.63) is 11.6 Å². The fourth-order valence-electron chi connectivity index (χ4n) is 2.89. The molecule has 3 unspecified atom stereocenters. The zero-order valence-corrected chi connectivity index (χ0v) is 17.5. The zero-order valence-electron chi connectivity index (χ0n) is 15.9. The number of hydrogen-bond acceptors (Lipinski definition) is 8. The highest BCUT2D eigenvalue weighted by atomic mass is 32.2. The minimum atomic E-state index is -0.850. The Hall–Kier alpha value is -1.79. The van der Waals surface area contributed by atoms with Crippen LogP contribution in [-0.4, -0.2) is 52.1 Å². The topological polar surface area (TPSA) is 95.3 Å². The van der Waals surface area contributed by atoms with E-state index in [1.165, 1.54) is 11.3 Å². The van der Waals surface area contributed by atoms with Gasteiger partial charge in [-0.3, -0.25) is 9.59 Å². The van der Waals surface area contributed by atoms with Crippen molar-refractivity contribution in [2.45, 2.75) is 44.2 Å². The van der Waals surface area contributed by atoms with Crippen molar-refractivity contribution >= 4 is 40.1 Å². The number of thiazole rings is 1. The van der Waals surface area contributed by atoms with E-state index in [4.69, 9.17) is 4.74 Å². The van der Waals surface area contributed by atoms with Crippen LogP contribution in [0.4, 0.5) is 5.13 Å². The molecule has 0 bridgehead atoms. The van der Waals surface area contributed by atoms with Gasteiger partial charge in [0.05, 0.1) is 23.3 Å². The Kier molecular flexibility index (Phi) is 8.38. The second kappa shape index (κ2) is 10.5. The highest BCUT2D eigenvalue weighted by molar-refractivity contribution is 8.01. The molecule has 1 N–H and O–H groups in total. The van der Waals surface area contributed by atoms with Gasteiger partial charge in [-0.05, 0) is 19.3 Å². The van der Waals surface area contributed by atoms with Gasteiger partial charge in [-0.1, -0.05) is 13.8 Å². The lowest BCUT2D eigenvalue weighted by Crippen LogP contribution is -2.39. The fraction of sp³-hybridized carbons (Fsp3) is 0.667. The number of carbonyl (C=O) groups is 2. The van der Waals surface area contributed by atoms with Gasteiger partial charge in [0.2, 0.25) is 5.91 Å². The Labute approximate surface area is 168 Å². The van der Waals surface area contributed by atoms with Crippen molar-refractivity contribution in [2.24, 2.45) is 11.8 Å². The van der Waals surface area contributed by atoms with Crippen molar-refractivity contribution in [2.75, 3.05) is 25.0 Å². The van der Waals surface area contributed by atoms with Crippen LogP contribution in [0, 0.1) is 23.2 Å². The van der Waals surface area contributed by atoms with Gasteiger partial charge in [-0.25, -0.2) is 4.98 Å². The SMILES string of the molecule is CCOC(=O)C(C#N)CC1SC(CCNc2nccs2)C(=O)N1CC(C)C. The molecule has 1 amide bonds. The number of thioether (sulfide) groups is 1. The summed E-state index contributed by atoms with van der Waals surface area (Å²) in [5, 5.41) is 15.0. The molecule has 0 radical (unpaired) electrons. The predicted molar refractivity (Wildman–Crippen MR) is 107 cm³/mol. The van der Waals surface area contributed by atoms with Crippen LogP contribution in [0.5, 0.6) is 0 Å². The molecule has 0 aliphatic carbocycles. The van der Waals surface area contributed by atoms with Crippen molar-refractivity contribution < 1.29 is 14.3 Å². The molecule has 27 heavy (non-hydrogen) atoms. The quantitative estimate of drug-likeness (QED) is 0.592. The third-order valence-electron chi connectivity index (χ3n) is 4.07. The zero-order chi connectivity index (χ0) is 19.8. The monoisotopic (exact) mass is 410 g/mol. The summed E-state index contributed by atoms with van der Waals surface area (Å²) in [6.07, 6.45) is 2.71. The number of amides is 1. The van der Waals surface area contributed by atoms with E-state index in [0.29, 0.717) is 31.8 Å². The van der Waals surface area contributed by atoms with Crippen LogP contribution < -0.4 is 5.32 Å². The first kappa shape index (κ1) is 21.5. The summed E-state index contributed by atoms with van der Waals surface area (Å²) < 4.78 is 4.99. The molecule has 2 rings (SSSR count). The normalized spacial score (nSPS) is 20.6. The van der Waals surface area contributed by atoms with Crippen molar-refractivity contribution in [1.82, 2.24) is 9.88 Å². The molecule has 1 aromatic rings. The molecule has 1 aliphatic rings. The summed E-state index contributed by atoms with van der Waals surface area (Å²) in [5.74, 6) is -0.962. The first-order valence-electron chi connectivity index (χ1n) is 9.11. The van der Waals surface area contributed by atoms with Gasteiger partial charge in [0.1, 0.15) is 5.92 Å². The van der Waals surface area contributed by atoms with Crippen LogP contribution >= 0.6 is 23.1 Å². The lowest BCUT2D eigenvalue weighted by molar-refractivity contribution is -0.146. The van der Waals surface area contributed by atoms with E-state index < -0.39 is 11.9 Å². The molecule has 9 heteroatoms. The molecular formula is C18H26N4O3S2. The molecule has 1 aromatic heterocycles. The maximum atomic E-state index is 12.9. The number of aromatic nitrogens is 1. The van der Waals surface area contributed by atoms with Crippen LogP contribution in [0.3, 0.4) is 0 Å². The largest absolute Gasteiger partial charge is 0.465 e. The average Bonchev–Trinajstić information content (AvgIpc) is 3.23. The van der Waals surface area contributed by atoms with Gasteiger partial charge in [0.25, 0.3) is 0 Å². The molecular weight excluding hydrogens is 384 g/mol. The van der Waals surface area contributed by atoms with Crippen molar-refractivity contribution in [1.29, 1.82) is 5.26 Å². The standard InChI is InChI=1S/C18H26N4O3S2/c1-4-25-17(24)13(10-19)9-15-22(11-12(2)3)16(23)14(27-15)5-6-20-18-21-7-8-26-18/h7-8,12-15H,4-6,9,11H2,1-3H3,(H,20,21). The molecule has 1 fully saturated rings. The lowest BCUT2D eigenvalue weighted by Gasteiger charge is -2.26. The molecule has 2 heterocycles. The first-order valence-corrected chi connectivity index (χ1v) is 10.9. The van der Waals surface area contributed by atoms with E-state index in [0.717, 1.165) is 5.13 Å². The molecule has 0 saturated carbocycles. The number of nitrogens with zero attached hydrogens (tertiary/aromatic N) is 3. The summed E-state index contributed by atoms with van der Waals surface area (Å²) in [4.78, 5) is 30.9. The lowest BCUT2D eigenvalue weighted by atomic mass is 10.1.